The molecule has 88 valence electrons. The van der Waals surface area contributed by atoms with Crippen LogP contribution in [0.1, 0.15) is 6.92 Å². The summed E-state index contributed by atoms with van der Waals surface area (Å²) in [7, 11) is 1.61. The number of carbonyl (C=O) groups is 1. The molecule has 0 bridgehead atoms. The van der Waals surface area contributed by atoms with Crippen molar-refractivity contribution in [3.8, 4) is 0 Å². The van der Waals surface area contributed by atoms with Crippen molar-refractivity contribution in [2.75, 3.05) is 46.7 Å². The third-order valence-corrected chi connectivity index (χ3v) is 2.35. The van der Waals surface area contributed by atoms with Gasteiger partial charge in [0.1, 0.15) is 6.61 Å². The summed E-state index contributed by atoms with van der Waals surface area (Å²) in [5.41, 5.74) is 0. The number of ether oxygens (including phenoxy) is 3. The summed E-state index contributed by atoms with van der Waals surface area (Å²) in [5, 5.41) is 0. The second-order valence-corrected chi connectivity index (χ2v) is 3.56. The Kier molecular flexibility index (Phi) is 5.60. The summed E-state index contributed by atoms with van der Waals surface area (Å²) in [6.45, 7) is 4.98. The van der Waals surface area contributed by atoms with Gasteiger partial charge in [-0.05, 0) is 6.92 Å². The second-order valence-electron chi connectivity index (χ2n) is 3.56. The van der Waals surface area contributed by atoms with Crippen molar-refractivity contribution in [2.24, 2.45) is 0 Å². The highest BCUT2D eigenvalue weighted by atomic mass is 16.5. The first kappa shape index (κ1) is 12.4. The molecular formula is C10H19NO4. The number of amides is 1. The number of methoxy groups -OCH3 is 1. The molecule has 1 heterocycles. The van der Waals surface area contributed by atoms with Gasteiger partial charge in [0.15, 0.2) is 0 Å². The Hall–Kier alpha value is -0.650. The van der Waals surface area contributed by atoms with E-state index in [9.17, 15) is 4.79 Å². The molecular weight excluding hydrogens is 198 g/mol. The van der Waals surface area contributed by atoms with E-state index in [-0.39, 0.29) is 18.6 Å². The van der Waals surface area contributed by atoms with Crippen molar-refractivity contribution in [1.82, 2.24) is 4.90 Å². The van der Waals surface area contributed by atoms with Crippen LogP contribution in [0.15, 0.2) is 0 Å². The van der Waals surface area contributed by atoms with Crippen LogP contribution >= 0.6 is 0 Å². The Morgan fingerprint density at radius 1 is 1.53 bits per heavy atom. The molecule has 1 fully saturated rings. The number of nitrogens with zero attached hydrogens (tertiary/aromatic N) is 1. The highest BCUT2D eigenvalue weighted by molar-refractivity contribution is 5.77. The molecule has 0 saturated carbocycles. The van der Waals surface area contributed by atoms with Crippen LogP contribution in [0, 0.1) is 0 Å². The molecule has 5 heteroatoms. The average Bonchev–Trinajstić information content (AvgIpc) is 2.25. The quantitative estimate of drug-likeness (QED) is 0.603. The molecule has 0 spiro atoms. The van der Waals surface area contributed by atoms with Gasteiger partial charge in [-0.15, -0.1) is 0 Å². The Morgan fingerprint density at radius 3 is 3.00 bits per heavy atom. The molecule has 15 heavy (non-hydrogen) atoms. The minimum Gasteiger partial charge on any atom is -0.382 e. The lowest BCUT2D eigenvalue weighted by molar-refractivity contribution is -0.144. The summed E-state index contributed by atoms with van der Waals surface area (Å²) in [6.07, 6.45) is 0. The average molecular weight is 217 g/mol. The molecule has 1 saturated heterocycles. The van der Waals surface area contributed by atoms with E-state index in [4.69, 9.17) is 14.2 Å². The first-order valence-corrected chi connectivity index (χ1v) is 5.19. The fourth-order valence-corrected chi connectivity index (χ4v) is 1.48. The smallest absolute Gasteiger partial charge is 0.248 e. The van der Waals surface area contributed by atoms with Gasteiger partial charge in [0.05, 0.1) is 32.5 Å². The fourth-order valence-electron chi connectivity index (χ4n) is 1.48. The Balaban J connectivity index is 2.20. The van der Waals surface area contributed by atoms with Gasteiger partial charge in [0.25, 0.3) is 0 Å². The number of morpholine rings is 1. The third-order valence-electron chi connectivity index (χ3n) is 2.35. The van der Waals surface area contributed by atoms with E-state index >= 15 is 0 Å². The standard InChI is InChI=1S/C10H19NO4/c1-9-7-14-4-3-11(9)10(12)8-15-6-5-13-2/h9H,3-8H2,1-2H3/t9-/m1/s1. The topological polar surface area (TPSA) is 48.0 Å². The highest BCUT2D eigenvalue weighted by Gasteiger charge is 2.23. The van der Waals surface area contributed by atoms with Crippen molar-refractivity contribution in [3.63, 3.8) is 0 Å². The lowest BCUT2D eigenvalue weighted by Gasteiger charge is -2.33. The molecule has 0 aromatic rings. The molecule has 0 unspecified atom stereocenters. The monoisotopic (exact) mass is 217 g/mol. The number of hydrogen-bond acceptors (Lipinski definition) is 4. The SMILES string of the molecule is COCCOCC(=O)N1CCOC[C@H]1C. The molecule has 0 aliphatic carbocycles. The van der Waals surface area contributed by atoms with E-state index in [0.717, 1.165) is 0 Å². The van der Waals surface area contributed by atoms with Crippen LogP contribution in [0.3, 0.4) is 0 Å². The minimum absolute atomic E-state index is 0.0295. The van der Waals surface area contributed by atoms with Gasteiger partial charge >= 0.3 is 0 Å². The van der Waals surface area contributed by atoms with Gasteiger partial charge in [0, 0.05) is 13.7 Å². The van der Waals surface area contributed by atoms with Gasteiger partial charge < -0.3 is 19.1 Å². The summed E-state index contributed by atoms with van der Waals surface area (Å²) >= 11 is 0. The molecule has 1 aliphatic heterocycles. The largest absolute Gasteiger partial charge is 0.382 e. The summed E-state index contributed by atoms with van der Waals surface area (Å²) in [6, 6.07) is 0.150. The van der Waals surface area contributed by atoms with Crippen LogP contribution in [-0.2, 0) is 19.0 Å². The summed E-state index contributed by atoms with van der Waals surface area (Å²) in [4.78, 5) is 13.5. The zero-order valence-electron chi connectivity index (χ0n) is 9.40. The first-order valence-electron chi connectivity index (χ1n) is 5.19. The zero-order valence-corrected chi connectivity index (χ0v) is 9.40. The van der Waals surface area contributed by atoms with Gasteiger partial charge in [-0.3, -0.25) is 4.79 Å². The maximum Gasteiger partial charge on any atom is 0.248 e. The summed E-state index contributed by atoms with van der Waals surface area (Å²) in [5.74, 6) is 0.0295. The molecule has 0 aromatic heterocycles. The first-order chi connectivity index (χ1) is 7.25. The molecule has 1 rings (SSSR count). The predicted octanol–water partition coefficient (Wildman–Crippen LogP) is -0.103. The van der Waals surface area contributed by atoms with Crippen molar-refractivity contribution >= 4 is 5.91 Å². The van der Waals surface area contributed by atoms with Gasteiger partial charge in [-0.25, -0.2) is 0 Å². The number of hydrogen-bond donors (Lipinski definition) is 0. The fraction of sp³-hybridized carbons (Fsp3) is 0.900. The molecule has 0 aromatic carbocycles. The van der Waals surface area contributed by atoms with E-state index in [1.165, 1.54) is 0 Å². The zero-order chi connectivity index (χ0) is 11.1. The van der Waals surface area contributed by atoms with Crippen LogP contribution in [0.25, 0.3) is 0 Å². The van der Waals surface area contributed by atoms with E-state index < -0.39 is 0 Å². The third kappa shape index (κ3) is 4.15. The van der Waals surface area contributed by atoms with Crippen molar-refractivity contribution in [2.45, 2.75) is 13.0 Å². The molecule has 5 nitrogen and oxygen atoms in total. The highest BCUT2D eigenvalue weighted by Crippen LogP contribution is 2.06. The summed E-state index contributed by atoms with van der Waals surface area (Å²) < 4.78 is 15.3. The Labute approximate surface area is 90.3 Å². The second kappa shape index (κ2) is 6.76. The van der Waals surface area contributed by atoms with E-state index in [1.54, 1.807) is 12.0 Å². The maximum atomic E-state index is 11.7. The van der Waals surface area contributed by atoms with Crippen molar-refractivity contribution in [3.05, 3.63) is 0 Å². The van der Waals surface area contributed by atoms with Crippen molar-refractivity contribution < 1.29 is 19.0 Å². The van der Waals surface area contributed by atoms with Gasteiger partial charge in [-0.2, -0.15) is 0 Å². The predicted molar refractivity (Wildman–Crippen MR) is 54.7 cm³/mol. The van der Waals surface area contributed by atoms with Crippen LogP contribution in [-0.4, -0.2) is 63.5 Å². The molecule has 1 amide bonds. The van der Waals surface area contributed by atoms with Crippen LogP contribution in [0.5, 0.6) is 0 Å². The molecule has 0 radical (unpaired) electrons. The lowest BCUT2D eigenvalue weighted by atomic mass is 10.2. The maximum absolute atomic E-state index is 11.7. The minimum atomic E-state index is 0.0295. The van der Waals surface area contributed by atoms with E-state index in [1.807, 2.05) is 6.92 Å². The van der Waals surface area contributed by atoms with Crippen LogP contribution < -0.4 is 0 Å². The molecule has 0 N–H and O–H groups in total. The molecule has 1 aliphatic rings. The van der Waals surface area contributed by atoms with Gasteiger partial charge in [-0.1, -0.05) is 0 Å². The van der Waals surface area contributed by atoms with Gasteiger partial charge in [0.2, 0.25) is 5.91 Å². The lowest BCUT2D eigenvalue weighted by Crippen LogP contribution is -2.48. The Bertz CT molecular complexity index is 198. The van der Waals surface area contributed by atoms with E-state index in [2.05, 4.69) is 0 Å². The molecule has 1 atom stereocenters. The number of carbonyl (C=O) groups excluding carboxylic acids is 1. The van der Waals surface area contributed by atoms with Crippen LogP contribution in [0.4, 0.5) is 0 Å². The van der Waals surface area contributed by atoms with Crippen LogP contribution in [0.2, 0.25) is 0 Å². The van der Waals surface area contributed by atoms with E-state index in [0.29, 0.717) is 33.0 Å². The normalized spacial score (nSPS) is 21.7. The number of rotatable bonds is 5. The Morgan fingerprint density at radius 2 is 2.33 bits per heavy atom. The van der Waals surface area contributed by atoms with Crippen molar-refractivity contribution in [1.29, 1.82) is 0 Å².